The van der Waals surface area contributed by atoms with E-state index in [0.717, 1.165) is 32.4 Å². The lowest BCUT2D eigenvalue weighted by atomic mass is 10.0. The Labute approximate surface area is 92.8 Å². The highest BCUT2D eigenvalue weighted by molar-refractivity contribution is 5.83. The number of hydrogen-bond donors (Lipinski definition) is 0. The zero-order valence-electron chi connectivity index (χ0n) is 10.00. The van der Waals surface area contributed by atoms with E-state index >= 15 is 0 Å². The molecule has 0 saturated heterocycles. The molecule has 0 aliphatic heterocycles. The Bertz CT molecular complexity index is 188. The van der Waals surface area contributed by atoms with Crippen LogP contribution in [0.1, 0.15) is 32.1 Å². The third kappa shape index (κ3) is 4.76. The highest BCUT2D eigenvalue weighted by atomic mass is 16.5. The molecular weight excluding hydrogens is 190 g/mol. The van der Waals surface area contributed by atoms with Crippen LogP contribution >= 0.6 is 0 Å². The minimum Gasteiger partial charge on any atom is -0.385 e. The first-order valence-corrected chi connectivity index (χ1v) is 5.94. The van der Waals surface area contributed by atoms with Crippen molar-refractivity contribution in [2.45, 2.75) is 32.1 Å². The topological polar surface area (TPSA) is 29.5 Å². The molecule has 3 heteroatoms. The standard InChI is InChI=1S/C12H23NO2/c1-13(8-5-9-15-2)10-12(14)11-6-3-4-7-11/h11H,3-10H2,1-2H3. The molecule has 1 aliphatic carbocycles. The second-order valence-electron chi connectivity index (χ2n) is 4.53. The third-order valence-corrected chi connectivity index (χ3v) is 3.12. The Balaban J connectivity index is 2.13. The Morgan fingerprint density at radius 1 is 1.40 bits per heavy atom. The summed E-state index contributed by atoms with van der Waals surface area (Å²) in [6, 6.07) is 0. The summed E-state index contributed by atoms with van der Waals surface area (Å²) in [5, 5.41) is 0. The number of likely N-dealkylation sites (N-methyl/N-ethyl adjacent to an activating group) is 1. The molecule has 88 valence electrons. The van der Waals surface area contributed by atoms with E-state index in [1.807, 2.05) is 7.05 Å². The highest BCUT2D eigenvalue weighted by Crippen LogP contribution is 2.25. The molecule has 0 amide bonds. The molecule has 1 fully saturated rings. The van der Waals surface area contributed by atoms with Crippen LogP contribution in [0.5, 0.6) is 0 Å². The molecule has 0 aromatic heterocycles. The Morgan fingerprint density at radius 3 is 2.67 bits per heavy atom. The molecule has 1 rings (SSSR count). The van der Waals surface area contributed by atoms with Gasteiger partial charge in [0.25, 0.3) is 0 Å². The van der Waals surface area contributed by atoms with E-state index < -0.39 is 0 Å². The first-order chi connectivity index (χ1) is 7.24. The summed E-state index contributed by atoms with van der Waals surface area (Å²) in [5.41, 5.74) is 0. The van der Waals surface area contributed by atoms with E-state index in [4.69, 9.17) is 4.74 Å². The number of rotatable bonds is 7. The van der Waals surface area contributed by atoms with Crippen LogP contribution in [-0.2, 0) is 9.53 Å². The molecule has 0 radical (unpaired) electrons. The molecule has 0 aromatic carbocycles. The van der Waals surface area contributed by atoms with Crippen molar-refractivity contribution in [3.63, 3.8) is 0 Å². The van der Waals surface area contributed by atoms with Crippen molar-refractivity contribution in [1.82, 2.24) is 4.90 Å². The zero-order valence-corrected chi connectivity index (χ0v) is 10.00. The first-order valence-electron chi connectivity index (χ1n) is 5.94. The summed E-state index contributed by atoms with van der Waals surface area (Å²) in [4.78, 5) is 13.9. The average molecular weight is 213 g/mol. The van der Waals surface area contributed by atoms with Gasteiger partial charge in [0, 0.05) is 26.2 Å². The van der Waals surface area contributed by atoms with Gasteiger partial charge in [-0.15, -0.1) is 0 Å². The summed E-state index contributed by atoms with van der Waals surface area (Å²) in [6.07, 6.45) is 5.72. The molecule has 3 nitrogen and oxygen atoms in total. The van der Waals surface area contributed by atoms with Gasteiger partial charge in [-0.2, -0.15) is 0 Å². The van der Waals surface area contributed by atoms with Crippen molar-refractivity contribution in [1.29, 1.82) is 0 Å². The summed E-state index contributed by atoms with van der Waals surface area (Å²) in [6.45, 7) is 2.35. The SMILES string of the molecule is COCCCN(C)CC(=O)C1CCCC1. The van der Waals surface area contributed by atoms with Crippen molar-refractivity contribution in [3.8, 4) is 0 Å². The fourth-order valence-corrected chi connectivity index (χ4v) is 2.20. The molecule has 0 atom stereocenters. The predicted octanol–water partition coefficient (Wildman–Crippen LogP) is 1.71. The van der Waals surface area contributed by atoms with Crippen molar-refractivity contribution >= 4 is 5.78 Å². The molecule has 15 heavy (non-hydrogen) atoms. The fourth-order valence-electron chi connectivity index (χ4n) is 2.20. The number of nitrogens with zero attached hydrogens (tertiary/aromatic N) is 1. The van der Waals surface area contributed by atoms with Crippen LogP contribution in [0.3, 0.4) is 0 Å². The van der Waals surface area contributed by atoms with Gasteiger partial charge in [-0.3, -0.25) is 9.69 Å². The van der Waals surface area contributed by atoms with Crippen LogP contribution in [0.2, 0.25) is 0 Å². The van der Waals surface area contributed by atoms with Gasteiger partial charge in [-0.05, 0) is 26.3 Å². The van der Waals surface area contributed by atoms with Gasteiger partial charge in [0.1, 0.15) is 5.78 Å². The Kier molecular flexibility index (Phi) is 5.88. The lowest BCUT2D eigenvalue weighted by molar-refractivity contribution is -0.123. The number of carbonyl (C=O) groups is 1. The molecule has 0 heterocycles. The first kappa shape index (κ1) is 12.7. The number of ketones is 1. The summed E-state index contributed by atoms with van der Waals surface area (Å²) in [7, 11) is 3.73. The van der Waals surface area contributed by atoms with Gasteiger partial charge in [0.2, 0.25) is 0 Å². The van der Waals surface area contributed by atoms with Crippen LogP contribution in [0.25, 0.3) is 0 Å². The normalized spacial score (nSPS) is 17.5. The van der Waals surface area contributed by atoms with Crippen molar-refractivity contribution in [3.05, 3.63) is 0 Å². The molecule has 0 N–H and O–H groups in total. The van der Waals surface area contributed by atoms with Crippen LogP contribution in [0.4, 0.5) is 0 Å². The summed E-state index contributed by atoms with van der Waals surface area (Å²) in [5.74, 6) is 0.794. The lowest BCUT2D eigenvalue weighted by Gasteiger charge is -2.17. The Morgan fingerprint density at radius 2 is 2.07 bits per heavy atom. The number of Topliss-reactive ketones (excluding diaryl/α,β-unsaturated/α-hetero) is 1. The molecule has 0 spiro atoms. The van der Waals surface area contributed by atoms with Gasteiger partial charge in [-0.1, -0.05) is 12.8 Å². The van der Waals surface area contributed by atoms with Gasteiger partial charge < -0.3 is 4.74 Å². The monoisotopic (exact) mass is 213 g/mol. The van der Waals surface area contributed by atoms with Gasteiger partial charge >= 0.3 is 0 Å². The van der Waals surface area contributed by atoms with Gasteiger partial charge in [-0.25, -0.2) is 0 Å². The molecule has 0 bridgehead atoms. The van der Waals surface area contributed by atoms with E-state index in [0.29, 0.717) is 18.2 Å². The van der Waals surface area contributed by atoms with Gasteiger partial charge in [0.15, 0.2) is 0 Å². The summed E-state index contributed by atoms with van der Waals surface area (Å²) >= 11 is 0. The predicted molar refractivity (Wildman–Crippen MR) is 61.0 cm³/mol. The van der Waals surface area contributed by atoms with E-state index in [-0.39, 0.29) is 0 Å². The quantitative estimate of drug-likeness (QED) is 0.603. The maximum atomic E-state index is 11.8. The minimum absolute atomic E-state index is 0.356. The average Bonchev–Trinajstić information content (AvgIpc) is 2.70. The molecule has 1 saturated carbocycles. The van der Waals surface area contributed by atoms with E-state index in [1.165, 1.54) is 12.8 Å². The zero-order chi connectivity index (χ0) is 11.1. The summed E-state index contributed by atoms with van der Waals surface area (Å²) < 4.78 is 4.99. The Hall–Kier alpha value is -0.410. The van der Waals surface area contributed by atoms with E-state index in [2.05, 4.69) is 4.90 Å². The highest BCUT2D eigenvalue weighted by Gasteiger charge is 2.22. The second kappa shape index (κ2) is 6.96. The molecule has 0 unspecified atom stereocenters. The van der Waals surface area contributed by atoms with Crippen LogP contribution in [-0.4, -0.2) is 44.5 Å². The smallest absolute Gasteiger partial charge is 0.149 e. The lowest BCUT2D eigenvalue weighted by Crippen LogP contribution is -2.30. The van der Waals surface area contributed by atoms with E-state index in [1.54, 1.807) is 7.11 Å². The number of hydrogen-bond acceptors (Lipinski definition) is 3. The fraction of sp³-hybridized carbons (Fsp3) is 0.917. The van der Waals surface area contributed by atoms with Crippen LogP contribution in [0.15, 0.2) is 0 Å². The number of carbonyl (C=O) groups excluding carboxylic acids is 1. The minimum atomic E-state index is 0.356. The van der Waals surface area contributed by atoms with Crippen LogP contribution < -0.4 is 0 Å². The van der Waals surface area contributed by atoms with Crippen molar-refractivity contribution in [2.75, 3.05) is 33.9 Å². The van der Waals surface area contributed by atoms with Gasteiger partial charge in [0.05, 0.1) is 6.54 Å². The second-order valence-corrected chi connectivity index (χ2v) is 4.53. The molecule has 1 aliphatic rings. The number of methoxy groups -OCH3 is 1. The maximum Gasteiger partial charge on any atom is 0.149 e. The number of ether oxygens (including phenoxy) is 1. The molecular formula is C12H23NO2. The molecule has 0 aromatic rings. The van der Waals surface area contributed by atoms with Crippen molar-refractivity contribution < 1.29 is 9.53 Å². The third-order valence-electron chi connectivity index (χ3n) is 3.12. The van der Waals surface area contributed by atoms with Crippen molar-refractivity contribution in [2.24, 2.45) is 5.92 Å². The maximum absolute atomic E-state index is 11.8. The van der Waals surface area contributed by atoms with E-state index in [9.17, 15) is 4.79 Å². The van der Waals surface area contributed by atoms with Crippen LogP contribution in [0, 0.1) is 5.92 Å². The largest absolute Gasteiger partial charge is 0.385 e.